The molecule has 6 heteroatoms. The van der Waals surface area contributed by atoms with Gasteiger partial charge in [0.05, 0.1) is 23.9 Å². The predicted octanol–water partition coefficient (Wildman–Crippen LogP) is 3.88. The van der Waals surface area contributed by atoms with Gasteiger partial charge in [0.2, 0.25) is 0 Å². The Balaban J connectivity index is 1.85. The fourth-order valence-electron chi connectivity index (χ4n) is 3.22. The monoisotopic (exact) mass is 360 g/mol. The van der Waals surface area contributed by atoms with Crippen LogP contribution in [0.2, 0.25) is 0 Å². The van der Waals surface area contributed by atoms with Crippen LogP contribution in [0.15, 0.2) is 54.7 Å². The van der Waals surface area contributed by atoms with Crippen molar-refractivity contribution in [3.05, 3.63) is 71.5 Å². The number of H-pyrrole nitrogens is 1. The number of rotatable bonds is 4. The van der Waals surface area contributed by atoms with E-state index in [2.05, 4.69) is 10.3 Å². The topological polar surface area (TPSA) is 91.4 Å². The van der Waals surface area contributed by atoms with E-state index in [9.17, 15) is 9.59 Å². The SMILES string of the molecule is COc1cc[nH]c1/C=C1\C(=O)Nc2cccc(-c3ccc(C(=O)O)cc3)c21. The van der Waals surface area contributed by atoms with E-state index >= 15 is 0 Å². The quantitative estimate of drug-likeness (QED) is 0.616. The molecule has 0 aliphatic carbocycles. The first-order valence-electron chi connectivity index (χ1n) is 8.30. The number of anilines is 1. The maximum Gasteiger partial charge on any atom is 0.335 e. The highest BCUT2D eigenvalue weighted by Crippen LogP contribution is 2.40. The minimum absolute atomic E-state index is 0.198. The maximum absolute atomic E-state index is 12.6. The number of carbonyl (C=O) groups is 2. The molecule has 0 atom stereocenters. The number of carboxylic acids is 1. The van der Waals surface area contributed by atoms with Gasteiger partial charge in [-0.05, 0) is 41.5 Å². The molecule has 2 heterocycles. The Labute approximate surface area is 155 Å². The minimum atomic E-state index is -0.976. The Morgan fingerprint density at radius 2 is 1.89 bits per heavy atom. The molecule has 1 aromatic heterocycles. The molecular weight excluding hydrogens is 344 g/mol. The Bertz CT molecular complexity index is 1080. The summed E-state index contributed by atoms with van der Waals surface area (Å²) in [6.45, 7) is 0. The van der Waals surface area contributed by atoms with Gasteiger partial charge in [-0.2, -0.15) is 0 Å². The molecule has 0 bridgehead atoms. The number of carboxylic acid groups (broad SMARTS) is 1. The molecule has 0 fully saturated rings. The number of carbonyl (C=O) groups excluding carboxylic acids is 1. The van der Waals surface area contributed by atoms with E-state index in [1.165, 1.54) is 0 Å². The van der Waals surface area contributed by atoms with E-state index in [4.69, 9.17) is 9.84 Å². The van der Waals surface area contributed by atoms with Gasteiger partial charge in [0, 0.05) is 17.4 Å². The van der Waals surface area contributed by atoms with Crippen LogP contribution in [-0.2, 0) is 4.79 Å². The zero-order valence-electron chi connectivity index (χ0n) is 14.4. The summed E-state index contributed by atoms with van der Waals surface area (Å²) >= 11 is 0. The predicted molar refractivity (Wildman–Crippen MR) is 103 cm³/mol. The standard InChI is InChI=1S/C21H16N2O4/c1-27-18-9-10-22-17(18)11-15-19-14(3-2-4-16(19)23-20(15)24)12-5-7-13(8-6-12)21(25)26/h2-11,22H,1H3,(H,23,24)(H,25,26)/b15-11-. The average Bonchev–Trinajstić information content (AvgIpc) is 3.26. The molecule has 3 aromatic rings. The smallest absolute Gasteiger partial charge is 0.335 e. The molecule has 4 rings (SSSR count). The first-order chi connectivity index (χ1) is 13.1. The van der Waals surface area contributed by atoms with Gasteiger partial charge >= 0.3 is 5.97 Å². The molecule has 0 radical (unpaired) electrons. The van der Waals surface area contributed by atoms with Crippen molar-refractivity contribution in [1.82, 2.24) is 4.98 Å². The van der Waals surface area contributed by atoms with E-state index < -0.39 is 5.97 Å². The minimum Gasteiger partial charge on any atom is -0.495 e. The fraction of sp³-hybridized carbons (Fsp3) is 0.0476. The Morgan fingerprint density at radius 1 is 1.11 bits per heavy atom. The summed E-state index contributed by atoms with van der Waals surface area (Å²) < 4.78 is 5.31. The van der Waals surface area contributed by atoms with Crippen LogP contribution in [0.25, 0.3) is 22.8 Å². The number of nitrogens with one attached hydrogen (secondary N) is 2. The Hall–Kier alpha value is -3.80. The highest BCUT2D eigenvalue weighted by Gasteiger charge is 2.27. The number of aromatic nitrogens is 1. The van der Waals surface area contributed by atoms with Crippen molar-refractivity contribution in [2.75, 3.05) is 12.4 Å². The van der Waals surface area contributed by atoms with Crippen LogP contribution in [0.1, 0.15) is 21.6 Å². The van der Waals surface area contributed by atoms with Gasteiger partial charge in [-0.3, -0.25) is 4.79 Å². The lowest BCUT2D eigenvalue weighted by atomic mass is 9.94. The number of hydrogen-bond acceptors (Lipinski definition) is 3. The van der Waals surface area contributed by atoms with Crippen molar-refractivity contribution in [3.63, 3.8) is 0 Å². The van der Waals surface area contributed by atoms with Crippen molar-refractivity contribution in [2.45, 2.75) is 0 Å². The molecule has 27 heavy (non-hydrogen) atoms. The van der Waals surface area contributed by atoms with E-state index in [-0.39, 0.29) is 11.5 Å². The summed E-state index contributed by atoms with van der Waals surface area (Å²) in [4.78, 5) is 26.7. The second kappa shape index (κ2) is 6.49. The molecule has 0 saturated heterocycles. The molecule has 0 saturated carbocycles. The normalized spacial score (nSPS) is 14.1. The number of ether oxygens (including phenoxy) is 1. The summed E-state index contributed by atoms with van der Waals surface area (Å²) in [5, 5.41) is 12.0. The van der Waals surface area contributed by atoms with Crippen LogP contribution in [-0.4, -0.2) is 29.1 Å². The number of aromatic amines is 1. The maximum atomic E-state index is 12.6. The zero-order valence-corrected chi connectivity index (χ0v) is 14.4. The Morgan fingerprint density at radius 3 is 2.59 bits per heavy atom. The summed E-state index contributed by atoms with van der Waals surface area (Å²) in [5.41, 5.74) is 4.61. The van der Waals surface area contributed by atoms with Gasteiger partial charge in [-0.1, -0.05) is 24.3 Å². The van der Waals surface area contributed by atoms with E-state index in [0.29, 0.717) is 17.0 Å². The number of aromatic carboxylic acids is 1. The lowest BCUT2D eigenvalue weighted by Crippen LogP contribution is -2.03. The van der Waals surface area contributed by atoms with Gasteiger partial charge in [0.25, 0.3) is 5.91 Å². The van der Waals surface area contributed by atoms with Crippen molar-refractivity contribution in [3.8, 4) is 16.9 Å². The van der Waals surface area contributed by atoms with Crippen LogP contribution in [0.5, 0.6) is 5.75 Å². The highest BCUT2D eigenvalue weighted by molar-refractivity contribution is 6.36. The molecule has 1 amide bonds. The van der Waals surface area contributed by atoms with E-state index in [1.807, 2.05) is 18.2 Å². The van der Waals surface area contributed by atoms with Gasteiger partial charge in [-0.25, -0.2) is 4.79 Å². The zero-order chi connectivity index (χ0) is 19.0. The molecule has 134 valence electrons. The van der Waals surface area contributed by atoms with Crippen LogP contribution in [0, 0.1) is 0 Å². The molecule has 1 aliphatic heterocycles. The fourth-order valence-corrected chi connectivity index (χ4v) is 3.22. The number of hydrogen-bond donors (Lipinski definition) is 3. The van der Waals surface area contributed by atoms with Crippen LogP contribution < -0.4 is 10.1 Å². The van der Waals surface area contributed by atoms with E-state index in [1.54, 1.807) is 49.7 Å². The van der Waals surface area contributed by atoms with Gasteiger partial charge in [0.1, 0.15) is 5.75 Å². The number of amides is 1. The highest BCUT2D eigenvalue weighted by atomic mass is 16.5. The van der Waals surface area contributed by atoms with Gasteiger partial charge < -0.3 is 20.1 Å². The molecule has 3 N–H and O–H groups in total. The lowest BCUT2D eigenvalue weighted by Gasteiger charge is -2.09. The average molecular weight is 360 g/mol. The van der Waals surface area contributed by atoms with Crippen LogP contribution >= 0.6 is 0 Å². The van der Waals surface area contributed by atoms with E-state index in [0.717, 1.165) is 22.4 Å². The second-order valence-corrected chi connectivity index (χ2v) is 6.08. The molecule has 1 aliphatic rings. The third kappa shape index (κ3) is 2.87. The summed E-state index contributed by atoms with van der Waals surface area (Å²) in [5.74, 6) is -0.528. The molecule has 0 unspecified atom stereocenters. The Kier molecular flexibility index (Phi) is 4.01. The summed E-state index contributed by atoms with van der Waals surface area (Å²) in [6.07, 6.45) is 3.50. The third-order valence-corrected chi connectivity index (χ3v) is 4.52. The van der Waals surface area contributed by atoms with Gasteiger partial charge in [-0.15, -0.1) is 0 Å². The molecule has 6 nitrogen and oxygen atoms in total. The number of methoxy groups -OCH3 is 1. The number of benzene rings is 2. The van der Waals surface area contributed by atoms with Crippen molar-refractivity contribution in [2.24, 2.45) is 0 Å². The van der Waals surface area contributed by atoms with Crippen LogP contribution in [0.4, 0.5) is 5.69 Å². The lowest BCUT2D eigenvalue weighted by molar-refractivity contribution is -0.110. The largest absolute Gasteiger partial charge is 0.495 e. The van der Waals surface area contributed by atoms with Gasteiger partial charge in [0.15, 0.2) is 0 Å². The van der Waals surface area contributed by atoms with Crippen molar-refractivity contribution in [1.29, 1.82) is 0 Å². The summed E-state index contributed by atoms with van der Waals surface area (Å²) in [7, 11) is 1.57. The first-order valence-corrected chi connectivity index (χ1v) is 8.30. The molecule has 0 spiro atoms. The summed E-state index contributed by atoms with van der Waals surface area (Å²) in [6, 6.07) is 14.0. The molecular formula is C21H16N2O4. The first kappa shape index (κ1) is 16.7. The van der Waals surface area contributed by atoms with Crippen molar-refractivity contribution >= 4 is 29.2 Å². The van der Waals surface area contributed by atoms with Crippen LogP contribution in [0.3, 0.4) is 0 Å². The second-order valence-electron chi connectivity index (χ2n) is 6.08. The van der Waals surface area contributed by atoms with Crippen molar-refractivity contribution < 1.29 is 19.4 Å². The molecule has 2 aromatic carbocycles. The number of fused-ring (bicyclic) bond motifs is 1. The third-order valence-electron chi connectivity index (χ3n) is 4.52.